The Bertz CT molecular complexity index is 2000. The Morgan fingerprint density at radius 2 is 1.70 bits per heavy atom. The lowest BCUT2D eigenvalue weighted by Crippen LogP contribution is -2.39. The number of nitrogens with two attached hydrogens (primary N) is 1. The molecule has 40 heavy (non-hydrogen) atoms. The number of hydrogen-bond acceptors (Lipinski definition) is 7. The number of halogens is 2. The van der Waals surface area contributed by atoms with Crippen LogP contribution in [0.2, 0.25) is 0 Å². The Kier molecular flexibility index (Phi) is 6.28. The molecule has 6 aromatic rings. The van der Waals surface area contributed by atoms with E-state index >= 15 is 0 Å². The van der Waals surface area contributed by atoms with Crippen LogP contribution in [0.15, 0.2) is 76.7 Å². The summed E-state index contributed by atoms with van der Waals surface area (Å²) in [6.45, 7) is -0.0300. The molecule has 2 aromatic carbocycles. The lowest BCUT2D eigenvalue weighted by Gasteiger charge is -2.15. The Morgan fingerprint density at radius 3 is 2.40 bits per heavy atom. The second kappa shape index (κ2) is 9.81. The van der Waals surface area contributed by atoms with Crippen molar-refractivity contribution in [2.45, 2.75) is 13.1 Å². The van der Waals surface area contributed by atoms with Gasteiger partial charge in [-0.25, -0.2) is 18.1 Å². The average Bonchev–Trinajstić information content (AvgIpc) is 3.53. The van der Waals surface area contributed by atoms with Crippen molar-refractivity contribution in [1.82, 2.24) is 28.6 Å². The zero-order valence-corrected chi connectivity index (χ0v) is 22.3. The number of pyridine rings is 1. The summed E-state index contributed by atoms with van der Waals surface area (Å²) in [5.41, 5.74) is 7.25. The molecule has 4 aromatic heterocycles. The number of rotatable bonds is 6. The van der Waals surface area contributed by atoms with Gasteiger partial charge in [0, 0.05) is 28.9 Å². The lowest BCUT2D eigenvalue weighted by atomic mass is 10.1. The highest BCUT2D eigenvalue weighted by Crippen LogP contribution is 2.38. The molecule has 0 aliphatic carbocycles. The van der Waals surface area contributed by atoms with Crippen molar-refractivity contribution in [3.8, 4) is 16.1 Å². The van der Waals surface area contributed by atoms with E-state index in [0.717, 1.165) is 27.1 Å². The summed E-state index contributed by atoms with van der Waals surface area (Å²) >= 11 is 1.23. The summed E-state index contributed by atoms with van der Waals surface area (Å²) in [5, 5.41) is 8.13. The minimum atomic E-state index is -0.785. The second-order valence-electron chi connectivity index (χ2n) is 9.64. The largest absolute Gasteiger partial charge is 0.399 e. The third-order valence-corrected chi connectivity index (χ3v) is 7.94. The van der Waals surface area contributed by atoms with Crippen LogP contribution in [0.3, 0.4) is 0 Å². The van der Waals surface area contributed by atoms with Crippen LogP contribution < -0.4 is 17.0 Å². The summed E-state index contributed by atoms with van der Waals surface area (Å²) in [7, 11) is 3.75. The maximum atomic E-state index is 14.8. The molecular weight excluding hydrogens is 536 g/mol. The molecule has 202 valence electrons. The minimum Gasteiger partial charge on any atom is -0.399 e. The number of nitrogens with zero attached hydrogens (tertiary/aromatic N) is 6. The van der Waals surface area contributed by atoms with E-state index in [0.29, 0.717) is 33.7 Å². The quantitative estimate of drug-likeness (QED) is 0.311. The molecular formula is C28H23F2N7O2S. The van der Waals surface area contributed by atoms with Gasteiger partial charge in [0.25, 0.3) is 5.56 Å². The summed E-state index contributed by atoms with van der Waals surface area (Å²) in [6, 6.07) is 14.0. The molecule has 6 rings (SSSR count). The average molecular weight is 560 g/mol. The van der Waals surface area contributed by atoms with Crippen LogP contribution >= 0.6 is 11.3 Å². The number of thiophene rings is 1. The van der Waals surface area contributed by atoms with Crippen LogP contribution in [0.5, 0.6) is 0 Å². The molecule has 0 fully saturated rings. The van der Waals surface area contributed by atoms with E-state index in [-0.39, 0.29) is 11.3 Å². The first-order valence-corrected chi connectivity index (χ1v) is 13.1. The first-order valence-electron chi connectivity index (χ1n) is 12.3. The predicted molar refractivity (Wildman–Crippen MR) is 151 cm³/mol. The molecule has 12 heteroatoms. The van der Waals surface area contributed by atoms with Crippen LogP contribution in [0.4, 0.5) is 14.5 Å². The maximum absolute atomic E-state index is 14.8. The number of fused-ring (bicyclic) bond motifs is 2. The molecule has 0 radical (unpaired) electrons. The van der Waals surface area contributed by atoms with Gasteiger partial charge < -0.3 is 10.6 Å². The van der Waals surface area contributed by atoms with E-state index in [4.69, 9.17) is 5.73 Å². The minimum absolute atomic E-state index is 0.267. The molecule has 0 bridgehead atoms. The monoisotopic (exact) mass is 559 g/mol. The molecule has 2 N–H and O–H groups in total. The van der Waals surface area contributed by atoms with E-state index in [1.54, 1.807) is 34.9 Å². The van der Waals surface area contributed by atoms with Gasteiger partial charge in [0.2, 0.25) is 0 Å². The standard InChI is InChI=1S/C28H23F2N7O2S/c1-34(2)13-20-24-26(38)37(18-10-11-23-33-32-15-35(23)12-18)28(39)36(14-19-21(29)4-3-5-22(19)30)27(24)40-25(20)16-6-8-17(31)9-7-16/h3-12,15H,13-14,31H2,1-2H3. The lowest BCUT2D eigenvalue weighted by molar-refractivity contribution is 0.405. The highest BCUT2D eigenvalue weighted by molar-refractivity contribution is 7.22. The van der Waals surface area contributed by atoms with Crippen LogP contribution in [0.25, 0.3) is 32.0 Å². The SMILES string of the molecule is CN(C)Cc1c(-c2ccc(N)cc2)sc2c1c(=O)n(-c1ccc3nncn3c1)c(=O)n2Cc1c(F)cccc1F. The third kappa shape index (κ3) is 4.27. The normalized spacial score (nSPS) is 11.7. The van der Waals surface area contributed by atoms with Crippen molar-refractivity contribution in [2.75, 3.05) is 19.8 Å². The Hall–Kier alpha value is -4.68. The highest BCUT2D eigenvalue weighted by atomic mass is 32.1. The number of nitrogen functional groups attached to an aromatic ring is 1. The molecule has 0 atom stereocenters. The van der Waals surface area contributed by atoms with Gasteiger partial charge in [0.05, 0.1) is 17.6 Å². The van der Waals surface area contributed by atoms with E-state index < -0.39 is 29.4 Å². The first kappa shape index (κ1) is 25.6. The Labute approximate surface area is 230 Å². The molecule has 0 spiro atoms. The first-order chi connectivity index (χ1) is 19.2. The zero-order chi connectivity index (χ0) is 28.1. The van der Waals surface area contributed by atoms with Crippen molar-refractivity contribution < 1.29 is 8.78 Å². The topological polar surface area (TPSA) is 103 Å². The third-order valence-electron chi connectivity index (χ3n) is 6.63. The fourth-order valence-corrected chi connectivity index (χ4v) is 6.06. The predicted octanol–water partition coefficient (Wildman–Crippen LogP) is 3.89. The van der Waals surface area contributed by atoms with E-state index in [2.05, 4.69) is 10.2 Å². The fraction of sp³-hybridized carbons (Fsp3) is 0.143. The number of anilines is 1. The molecule has 0 unspecified atom stereocenters. The van der Waals surface area contributed by atoms with Gasteiger partial charge in [0.1, 0.15) is 22.8 Å². The summed E-state index contributed by atoms with van der Waals surface area (Å²) in [4.78, 5) is 31.2. The molecule has 0 aliphatic rings. The second-order valence-corrected chi connectivity index (χ2v) is 10.6. The molecule has 9 nitrogen and oxygen atoms in total. The number of hydrogen-bond donors (Lipinski definition) is 1. The highest BCUT2D eigenvalue weighted by Gasteiger charge is 2.25. The van der Waals surface area contributed by atoms with Gasteiger partial charge in [-0.05, 0) is 61.6 Å². The van der Waals surface area contributed by atoms with Crippen LogP contribution in [-0.4, -0.2) is 42.7 Å². The summed E-state index contributed by atoms with van der Waals surface area (Å²) in [6.07, 6.45) is 3.02. The van der Waals surface area contributed by atoms with Gasteiger partial charge in [-0.2, -0.15) is 0 Å². The molecule has 4 heterocycles. The van der Waals surface area contributed by atoms with Gasteiger partial charge >= 0.3 is 5.69 Å². The summed E-state index contributed by atoms with van der Waals surface area (Å²) < 4.78 is 33.5. The van der Waals surface area contributed by atoms with Crippen molar-refractivity contribution in [3.05, 3.63) is 111 Å². The smallest absolute Gasteiger partial charge is 0.337 e. The van der Waals surface area contributed by atoms with Crippen LogP contribution in [0.1, 0.15) is 11.1 Å². The van der Waals surface area contributed by atoms with Gasteiger partial charge in [-0.3, -0.25) is 13.8 Å². The van der Waals surface area contributed by atoms with Gasteiger partial charge in [-0.1, -0.05) is 18.2 Å². The molecule has 0 saturated heterocycles. The van der Waals surface area contributed by atoms with Crippen molar-refractivity contribution >= 4 is 32.9 Å². The van der Waals surface area contributed by atoms with Crippen LogP contribution in [0, 0.1) is 11.6 Å². The van der Waals surface area contributed by atoms with Crippen molar-refractivity contribution in [3.63, 3.8) is 0 Å². The fourth-order valence-electron chi connectivity index (χ4n) is 4.76. The molecule has 0 saturated carbocycles. The van der Waals surface area contributed by atoms with E-state index in [1.807, 2.05) is 31.1 Å². The zero-order valence-electron chi connectivity index (χ0n) is 21.5. The van der Waals surface area contributed by atoms with E-state index in [9.17, 15) is 18.4 Å². The summed E-state index contributed by atoms with van der Waals surface area (Å²) in [5.74, 6) is -1.57. The number of aromatic nitrogens is 5. The molecule has 0 amide bonds. The van der Waals surface area contributed by atoms with Crippen molar-refractivity contribution in [2.24, 2.45) is 0 Å². The van der Waals surface area contributed by atoms with Gasteiger partial charge in [0.15, 0.2) is 5.65 Å². The Balaban J connectivity index is 1.73. The van der Waals surface area contributed by atoms with Crippen LogP contribution in [-0.2, 0) is 13.1 Å². The van der Waals surface area contributed by atoms with Gasteiger partial charge in [-0.15, -0.1) is 21.5 Å². The maximum Gasteiger partial charge on any atom is 0.337 e. The van der Waals surface area contributed by atoms with E-state index in [1.165, 1.54) is 28.3 Å². The van der Waals surface area contributed by atoms with Crippen molar-refractivity contribution in [1.29, 1.82) is 0 Å². The molecule has 0 aliphatic heterocycles. The number of benzene rings is 2. The Morgan fingerprint density at radius 1 is 0.975 bits per heavy atom.